The molecule has 88 valence electrons. The fourth-order valence-electron chi connectivity index (χ4n) is 2.34. The molecule has 3 heteroatoms. The minimum absolute atomic E-state index is 0.157. The maximum Gasteiger partial charge on any atom is 0.123 e. The van der Waals surface area contributed by atoms with Crippen molar-refractivity contribution < 1.29 is 9.13 Å². The average molecular weight is 223 g/mol. The van der Waals surface area contributed by atoms with Crippen molar-refractivity contribution in [3.05, 3.63) is 35.6 Å². The van der Waals surface area contributed by atoms with Crippen molar-refractivity contribution in [2.75, 3.05) is 20.3 Å². The van der Waals surface area contributed by atoms with Gasteiger partial charge in [0.1, 0.15) is 5.82 Å². The summed E-state index contributed by atoms with van der Waals surface area (Å²) in [5, 5.41) is 3.32. The standard InChI is InChI=1S/C13H18FNO/c1-15-13-5-6-16-9-11(13)7-10-3-2-4-12(14)8-10/h2-4,8,11,13,15H,5-7,9H2,1H3/t11-,13-/m0/s1. The summed E-state index contributed by atoms with van der Waals surface area (Å²) in [6.07, 6.45) is 1.92. The summed E-state index contributed by atoms with van der Waals surface area (Å²) < 4.78 is 18.5. The highest BCUT2D eigenvalue weighted by molar-refractivity contribution is 5.17. The van der Waals surface area contributed by atoms with Gasteiger partial charge in [-0.05, 0) is 37.6 Å². The Bertz CT molecular complexity index is 342. The number of halogens is 1. The van der Waals surface area contributed by atoms with E-state index in [1.54, 1.807) is 12.1 Å². The second kappa shape index (κ2) is 5.41. The van der Waals surface area contributed by atoms with Crippen LogP contribution in [0, 0.1) is 11.7 Å². The van der Waals surface area contributed by atoms with E-state index in [2.05, 4.69) is 5.32 Å². The van der Waals surface area contributed by atoms with Gasteiger partial charge in [-0.25, -0.2) is 4.39 Å². The zero-order chi connectivity index (χ0) is 11.4. The van der Waals surface area contributed by atoms with Crippen LogP contribution >= 0.6 is 0 Å². The van der Waals surface area contributed by atoms with Crippen molar-refractivity contribution in [2.24, 2.45) is 5.92 Å². The van der Waals surface area contributed by atoms with Gasteiger partial charge in [0.05, 0.1) is 6.61 Å². The Morgan fingerprint density at radius 1 is 1.50 bits per heavy atom. The van der Waals surface area contributed by atoms with Crippen LogP contribution in [0.25, 0.3) is 0 Å². The van der Waals surface area contributed by atoms with Gasteiger partial charge in [-0.2, -0.15) is 0 Å². The predicted octanol–water partition coefficient (Wildman–Crippen LogP) is 1.99. The maximum atomic E-state index is 13.1. The van der Waals surface area contributed by atoms with Gasteiger partial charge in [0.15, 0.2) is 0 Å². The lowest BCUT2D eigenvalue weighted by Crippen LogP contribution is -2.41. The summed E-state index contributed by atoms with van der Waals surface area (Å²) in [7, 11) is 1.98. The van der Waals surface area contributed by atoms with Crippen molar-refractivity contribution in [1.82, 2.24) is 5.32 Å². The molecule has 0 spiro atoms. The Morgan fingerprint density at radius 3 is 3.12 bits per heavy atom. The Kier molecular flexibility index (Phi) is 3.91. The number of rotatable bonds is 3. The van der Waals surface area contributed by atoms with Crippen LogP contribution in [0.5, 0.6) is 0 Å². The number of ether oxygens (including phenoxy) is 1. The molecule has 1 aliphatic rings. The molecule has 0 aromatic heterocycles. The first-order chi connectivity index (χ1) is 7.79. The molecule has 0 bridgehead atoms. The summed E-state index contributed by atoms with van der Waals surface area (Å²) in [4.78, 5) is 0. The van der Waals surface area contributed by atoms with E-state index < -0.39 is 0 Å². The summed E-state index contributed by atoms with van der Waals surface area (Å²) in [6.45, 7) is 1.59. The fourth-order valence-corrected chi connectivity index (χ4v) is 2.34. The second-order valence-electron chi connectivity index (χ2n) is 4.35. The second-order valence-corrected chi connectivity index (χ2v) is 4.35. The SMILES string of the molecule is CN[C@H]1CCOC[C@@H]1Cc1cccc(F)c1. The molecule has 1 saturated heterocycles. The molecule has 16 heavy (non-hydrogen) atoms. The molecule has 1 N–H and O–H groups in total. The van der Waals surface area contributed by atoms with Gasteiger partial charge in [-0.3, -0.25) is 0 Å². The molecular formula is C13H18FNO. The lowest BCUT2D eigenvalue weighted by molar-refractivity contribution is 0.0342. The smallest absolute Gasteiger partial charge is 0.123 e. The van der Waals surface area contributed by atoms with Crippen LogP contribution in [0.4, 0.5) is 4.39 Å². The van der Waals surface area contributed by atoms with Gasteiger partial charge in [0.2, 0.25) is 0 Å². The highest BCUT2D eigenvalue weighted by atomic mass is 19.1. The molecule has 1 heterocycles. The minimum atomic E-state index is -0.157. The molecule has 0 unspecified atom stereocenters. The molecule has 2 atom stereocenters. The van der Waals surface area contributed by atoms with Gasteiger partial charge in [0.25, 0.3) is 0 Å². The van der Waals surface area contributed by atoms with E-state index >= 15 is 0 Å². The molecular weight excluding hydrogens is 205 g/mol. The van der Waals surface area contributed by atoms with Gasteiger partial charge in [-0.1, -0.05) is 12.1 Å². The van der Waals surface area contributed by atoms with Crippen molar-refractivity contribution in [3.63, 3.8) is 0 Å². The summed E-state index contributed by atoms with van der Waals surface area (Å²) in [5.74, 6) is 0.288. The Hall–Kier alpha value is -0.930. The monoisotopic (exact) mass is 223 g/mol. The molecule has 0 aliphatic carbocycles. The summed E-state index contributed by atoms with van der Waals surface area (Å²) in [5.41, 5.74) is 1.05. The summed E-state index contributed by atoms with van der Waals surface area (Å²) >= 11 is 0. The molecule has 1 fully saturated rings. The van der Waals surface area contributed by atoms with Gasteiger partial charge >= 0.3 is 0 Å². The van der Waals surface area contributed by atoms with Crippen molar-refractivity contribution in [1.29, 1.82) is 0 Å². The van der Waals surface area contributed by atoms with Gasteiger partial charge in [-0.15, -0.1) is 0 Å². The lowest BCUT2D eigenvalue weighted by atomic mass is 9.89. The van der Waals surface area contributed by atoms with Gasteiger partial charge in [0, 0.05) is 18.6 Å². The molecule has 1 aliphatic heterocycles. The first kappa shape index (κ1) is 11.6. The van der Waals surface area contributed by atoms with Crippen molar-refractivity contribution in [3.8, 4) is 0 Å². The maximum absolute atomic E-state index is 13.1. The van der Waals surface area contributed by atoms with Crippen molar-refractivity contribution in [2.45, 2.75) is 18.9 Å². The number of benzene rings is 1. The van der Waals surface area contributed by atoms with Crippen LogP contribution in [0.2, 0.25) is 0 Å². The predicted molar refractivity (Wildman–Crippen MR) is 61.9 cm³/mol. The zero-order valence-corrected chi connectivity index (χ0v) is 9.58. The van der Waals surface area contributed by atoms with E-state index in [9.17, 15) is 4.39 Å². The fraction of sp³-hybridized carbons (Fsp3) is 0.538. The minimum Gasteiger partial charge on any atom is -0.381 e. The van der Waals surface area contributed by atoms with Crippen LogP contribution in [0.3, 0.4) is 0 Å². The average Bonchev–Trinajstić information content (AvgIpc) is 2.30. The molecule has 0 radical (unpaired) electrons. The van der Waals surface area contributed by atoms with Crippen LogP contribution in [-0.4, -0.2) is 26.3 Å². The number of nitrogens with one attached hydrogen (secondary N) is 1. The van der Waals surface area contributed by atoms with E-state index in [1.165, 1.54) is 6.07 Å². The topological polar surface area (TPSA) is 21.3 Å². The first-order valence-electron chi connectivity index (χ1n) is 5.79. The van der Waals surface area contributed by atoms with E-state index in [0.29, 0.717) is 12.0 Å². The van der Waals surface area contributed by atoms with E-state index in [0.717, 1.165) is 31.6 Å². The first-order valence-corrected chi connectivity index (χ1v) is 5.79. The third-order valence-electron chi connectivity index (χ3n) is 3.23. The molecule has 2 rings (SSSR count). The Labute approximate surface area is 95.8 Å². The molecule has 0 saturated carbocycles. The molecule has 1 aromatic rings. The Morgan fingerprint density at radius 2 is 2.38 bits per heavy atom. The Balaban J connectivity index is 2.02. The number of hydrogen-bond acceptors (Lipinski definition) is 2. The zero-order valence-electron chi connectivity index (χ0n) is 9.58. The van der Waals surface area contributed by atoms with Crippen LogP contribution < -0.4 is 5.32 Å². The van der Waals surface area contributed by atoms with Crippen LogP contribution in [0.1, 0.15) is 12.0 Å². The van der Waals surface area contributed by atoms with E-state index in [4.69, 9.17) is 4.74 Å². The van der Waals surface area contributed by atoms with Crippen molar-refractivity contribution >= 4 is 0 Å². The third-order valence-corrected chi connectivity index (χ3v) is 3.23. The lowest BCUT2D eigenvalue weighted by Gasteiger charge is -2.31. The summed E-state index contributed by atoms with van der Waals surface area (Å²) in [6, 6.07) is 7.32. The van der Waals surface area contributed by atoms with E-state index in [-0.39, 0.29) is 5.82 Å². The van der Waals surface area contributed by atoms with E-state index in [1.807, 2.05) is 13.1 Å². The third kappa shape index (κ3) is 2.80. The van der Waals surface area contributed by atoms with Gasteiger partial charge < -0.3 is 10.1 Å². The molecule has 0 amide bonds. The molecule has 1 aromatic carbocycles. The highest BCUT2D eigenvalue weighted by Crippen LogP contribution is 2.19. The molecule has 2 nitrogen and oxygen atoms in total. The quantitative estimate of drug-likeness (QED) is 0.846. The van der Waals surface area contributed by atoms with Crippen LogP contribution in [-0.2, 0) is 11.2 Å². The number of hydrogen-bond donors (Lipinski definition) is 1. The highest BCUT2D eigenvalue weighted by Gasteiger charge is 2.24. The largest absolute Gasteiger partial charge is 0.381 e. The van der Waals surface area contributed by atoms with Crippen LogP contribution in [0.15, 0.2) is 24.3 Å². The normalized spacial score (nSPS) is 25.6.